The molecule has 0 aliphatic rings. The van der Waals surface area contributed by atoms with Gasteiger partial charge in [0.1, 0.15) is 18.1 Å². The zero-order valence-electron chi connectivity index (χ0n) is 20.8. The van der Waals surface area contributed by atoms with Gasteiger partial charge in [-0.15, -0.1) is 0 Å². The van der Waals surface area contributed by atoms with Crippen molar-refractivity contribution in [2.24, 2.45) is 0 Å². The van der Waals surface area contributed by atoms with E-state index in [-0.39, 0.29) is 5.25 Å². The predicted octanol–water partition coefficient (Wildman–Crippen LogP) is 7.06. The number of hydrogen-bond donors (Lipinski definition) is 2. The van der Waals surface area contributed by atoms with E-state index in [1.807, 2.05) is 6.92 Å². The van der Waals surface area contributed by atoms with Gasteiger partial charge in [-0.3, -0.25) is 4.57 Å². The van der Waals surface area contributed by atoms with E-state index in [4.69, 9.17) is 5.73 Å². The summed E-state index contributed by atoms with van der Waals surface area (Å²) in [5, 5.41) is 10.8. The van der Waals surface area contributed by atoms with Crippen LogP contribution in [-0.4, -0.2) is 35.6 Å². The van der Waals surface area contributed by atoms with Crippen LogP contribution >= 0.6 is 11.8 Å². The largest absolute Gasteiger partial charge is 0.382 e. The number of hydrogen-bond acceptors (Lipinski definition) is 6. The number of unbranched alkanes of at least 4 members (excludes halogenated alkanes) is 12. The number of aliphatic hydroxyl groups excluding tert-OH is 1. The summed E-state index contributed by atoms with van der Waals surface area (Å²) in [7, 11) is 0. The normalized spacial score (nSPS) is 13.8. The Morgan fingerprint density at radius 1 is 0.909 bits per heavy atom. The molecule has 0 fully saturated rings. The number of anilines is 1. The van der Waals surface area contributed by atoms with Crippen molar-refractivity contribution in [3.8, 4) is 0 Å². The number of aromatic nitrogens is 4. The second kappa shape index (κ2) is 16.9. The minimum absolute atomic E-state index is 0.0571. The van der Waals surface area contributed by atoms with Crippen molar-refractivity contribution in [2.75, 3.05) is 11.5 Å². The molecule has 2 unspecified atom stereocenters. The first-order valence-electron chi connectivity index (χ1n) is 13.0. The van der Waals surface area contributed by atoms with Gasteiger partial charge in [-0.05, 0) is 44.8 Å². The third-order valence-electron chi connectivity index (χ3n) is 6.13. The second-order valence-electron chi connectivity index (χ2n) is 9.01. The Bertz CT molecular complexity index is 794. The van der Waals surface area contributed by atoms with Crippen LogP contribution in [-0.2, 0) is 0 Å². The maximum Gasteiger partial charge on any atom is 0.167 e. The molecule has 33 heavy (non-hydrogen) atoms. The summed E-state index contributed by atoms with van der Waals surface area (Å²) in [5.41, 5.74) is 6.96. The van der Waals surface area contributed by atoms with Crippen molar-refractivity contribution in [1.82, 2.24) is 19.5 Å². The van der Waals surface area contributed by atoms with Crippen molar-refractivity contribution in [2.45, 2.75) is 115 Å². The highest BCUT2D eigenvalue weighted by Gasteiger charge is 2.20. The standard InChI is InChI=1S/C26H45N5OS/c1-3-4-5-6-7-8-9-10-11-12-13-14-15-16-17-18-19-33-22(2)26(32)31-21-30-23-24(27)28-20-29-25(23)31/h10-11,20-22,26,32H,3-9,12-19H2,1-2H3,(H2,27,28,29). The Morgan fingerprint density at radius 3 is 2.18 bits per heavy atom. The molecule has 0 spiro atoms. The number of allylic oxidation sites excluding steroid dienone is 2. The van der Waals surface area contributed by atoms with Crippen LogP contribution < -0.4 is 5.73 Å². The van der Waals surface area contributed by atoms with E-state index in [1.54, 1.807) is 22.7 Å². The molecule has 2 aromatic rings. The Hall–Kier alpha value is -1.60. The molecule has 0 aromatic carbocycles. The van der Waals surface area contributed by atoms with Gasteiger partial charge in [0.2, 0.25) is 0 Å². The van der Waals surface area contributed by atoms with Crippen LogP contribution in [0.5, 0.6) is 0 Å². The van der Waals surface area contributed by atoms with Crippen LogP contribution in [0.2, 0.25) is 0 Å². The van der Waals surface area contributed by atoms with Crippen LogP contribution in [0.3, 0.4) is 0 Å². The number of fused-ring (bicyclic) bond motifs is 1. The Morgan fingerprint density at radius 2 is 1.52 bits per heavy atom. The van der Waals surface area contributed by atoms with Gasteiger partial charge < -0.3 is 10.8 Å². The maximum atomic E-state index is 10.7. The molecule has 2 heterocycles. The molecule has 0 saturated carbocycles. The van der Waals surface area contributed by atoms with Gasteiger partial charge in [-0.25, -0.2) is 15.0 Å². The number of imidazole rings is 1. The smallest absolute Gasteiger partial charge is 0.167 e. The highest BCUT2D eigenvalue weighted by Crippen LogP contribution is 2.26. The SMILES string of the molecule is CCCCCCCCC=CCCCCCCCCSC(C)C(O)n1cnc2c(N)ncnc21. The highest BCUT2D eigenvalue weighted by atomic mass is 32.2. The molecule has 0 saturated heterocycles. The fraction of sp³-hybridized carbons (Fsp3) is 0.731. The van der Waals surface area contributed by atoms with E-state index in [0.717, 1.165) is 5.75 Å². The zero-order chi connectivity index (χ0) is 23.7. The Kier molecular flexibility index (Phi) is 14.2. The van der Waals surface area contributed by atoms with Crippen LogP contribution in [0.4, 0.5) is 5.82 Å². The molecule has 186 valence electrons. The second-order valence-corrected chi connectivity index (χ2v) is 10.5. The molecule has 3 N–H and O–H groups in total. The fourth-order valence-corrected chi connectivity index (χ4v) is 5.04. The molecule has 6 nitrogen and oxygen atoms in total. The quantitative estimate of drug-likeness (QED) is 0.167. The van der Waals surface area contributed by atoms with Crippen molar-refractivity contribution >= 4 is 28.7 Å². The van der Waals surface area contributed by atoms with Gasteiger partial charge in [-0.2, -0.15) is 11.8 Å². The number of nitrogens with two attached hydrogens (primary N) is 1. The van der Waals surface area contributed by atoms with E-state index in [1.165, 1.54) is 96.2 Å². The van der Waals surface area contributed by atoms with Crippen LogP contribution in [0, 0.1) is 0 Å². The third kappa shape index (κ3) is 10.5. The number of rotatable bonds is 19. The van der Waals surface area contributed by atoms with Gasteiger partial charge in [-0.1, -0.05) is 76.9 Å². The van der Waals surface area contributed by atoms with Gasteiger partial charge in [0.05, 0.1) is 6.33 Å². The maximum absolute atomic E-state index is 10.7. The summed E-state index contributed by atoms with van der Waals surface area (Å²) in [6.45, 7) is 4.32. The summed E-state index contributed by atoms with van der Waals surface area (Å²) in [4.78, 5) is 12.4. The molecule has 2 rings (SSSR count). The first-order chi connectivity index (χ1) is 16.1. The molecular formula is C26H45N5OS. The fourth-order valence-electron chi connectivity index (χ4n) is 3.99. The molecular weight excluding hydrogens is 430 g/mol. The Balaban J connectivity index is 1.44. The summed E-state index contributed by atoms with van der Waals surface area (Å²) in [6, 6.07) is 0. The lowest BCUT2D eigenvalue weighted by Gasteiger charge is -2.20. The molecule has 2 atom stereocenters. The number of aliphatic hydroxyl groups is 1. The van der Waals surface area contributed by atoms with Gasteiger partial charge in [0.25, 0.3) is 0 Å². The van der Waals surface area contributed by atoms with Crippen LogP contribution in [0.25, 0.3) is 11.2 Å². The predicted molar refractivity (Wildman–Crippen MR) is 142 cm³/mol. The molecule has 0 aliphatic heterocycles. The molecule has 7 heteroatoms. The number of nitrogens with zero attached hydrogens (tertiary/aromatic N) is 4. The van der Waals surface area contributed by atoms with Gasteiger partial charge >= 0.3 is 0 Å². The Labute approximate surface area is 204 Å². The summed E-state index contributed by atoms with van der Waals surface area (Å²) in [5.74, 6) is 1.40. The first-order valence-corrected chi connectivity index (χ1v) is 14.1. The van der Waals surface area contributed by atoms with E-state index >= 15 is 0 Å². The van der Waals surface area contributed by atoms with Crippen molar-refractivity contribution in [3.63, 3.8) is 0 Å². The van der Waals surface area contributed by atoms with Crippen LogP contribution in [0.1, 0.15) is 110 Å². The monoisotopic (exact) mass is 475 g/mol. The number of nitrogen functional groups attached to an aromatic ring is 1. The first kappa shape index (κ1) is 27.6. The highest BCUT2D eigenvalue weighted by molar-refractivity contribution is 7.99. The van der Waals surface area contributed by atoms with Crippen molar-refractivity contribution < 1.29 is 5.11 Å². The average molecular weight is 476 g/mol. The summed E-state index contributed by atoms with van der Waals surface area (Å²) in [6.07, 6.45) is 25.7. The van der Waals surface area contributed by atoms with Gasteiger partial charge in [0.15, 0.2) is 11.5 Å². The topological polar surface area (TPSA) is 89.8 Å². The molecule has 0 bridgehead atoms. The van der Waals surface area contributed by atoms with E-state index in [2.05, 4.69) is 34.0 Å². The zero-order valence-corrected chi connectivity index (χ0v) is 21.6. The summed E-state index contributed by atoms with van der Waals surface area (Å²) < 4.78 is 1.69. The van der Waals surface area contributed by atoms with E-state index < -0.39 is 6.23 Å². The van der Waals surface area contributed by atoms with E-state index in [9.17, 15) is 5.11 Å². The van der Waals surface area contributed by atoms with Crippen molar-refractivity contribution in [3.05, 3.63) is 24.8 Å². The van der Waals surface area contributed by atoms with E-state index in [0.29, 0.717) is 17.0 Å². The number of thioether (sulfide) groups is 1. The van der Waals surface area contributed by atoms with Crippen LogP contribution in [0.15, 0.2) is 24.8 Å². The minimum atomic E-state index is -0.677. The third-order valence-corrected chi connectivity index (χ3v) is 7.42. The lowest BCUT2D eigenvalue weighted by atomic mass is 10.1. The molecule has 0 aliphatic carbocycles. The minimum Gasteiger partial charge on any atom is -0.382 e. The average Bonchev–Trinajstić information content (AvgIpc) is 3.26. The molecule has 0 radical (unpaired) electrons. The molecule has 2 aromatic heterocycles. The van der Waals surface area contributed by atoms with Crippen molar-refractivity contribution in [1.29, 1.82) is 0 Å². The molecule has 0 amide bonds. The lowest BCUT2D eigenvalue weighted by molar-refractivity contribution is 0.109. The lowest BCUT2D eigenvalue weighted by Crippen LogP contribution is -2.19. The summed E-state index contributed by atoms with van der Waals surface area (Å²) >= 11 is 1.80. The van der Waals surface area contributed by atoms with Gasteiger partial charge in [0, 0.05) is 5.25 Å².